The number of nitrogens with one attached hydrogen (secondary N) is 2. The van der Waals surface area contributed by atoms with Gasteiger partial charge in [-0.3, -0.25) is 4.79 Å². The monoisotopic (exact) mass is 321 g/mol. The number of carbonyl (C=O) groups excluding carboxylic acids is 1. The molecule has 0 aromatic heterocycles. The van der Waals surface area contributed by atoms with Crippen molar-refractivity contribution >= 4 is 23.3 Å². The molecule has 2 aromatic rings. The third kappa shape index (κ3) is 2.85. The van der Waals surface area contributed by atoms with Gasteiger partial charge in [0.25, 0.3) is 6.02 Å². The fraction of sp³-hybridized carbons (Fsp3) is 0.263. The van der Waals surface area contributed by atoms with E-state index in [1.807, 2.05) is 18.2 Å². The van der Waals surface area contributed by atoms with Crippen molar-refractivity contribution in [2.75, 3.05) is 10.6 Å². The zero-order valence-corrected chi connectivity index (χ0v) is 13.5. The lowest BCUT2D eigenvalue weighted by molar-refractivity contribution is -0.114. The normalized spacial score (nSPS) is 19.9. The molecule has 0 saturated carbocycles. The Kier molecular flexibility index (Phi) is 3.69. The van der Waals surface area contributed by atoms with Crippen molar-refractivity contribution in [3.63, 3.8) is 0 Å². The van der Waals surface area contributed by atoms with Gasteiger partial charge in [-0.25, -0.2) is 4.99 Å². The summed E-state index contributed by atoms with van der Waals surface area (Å²) in [6.45, 7) is 1.95. The van der Waals surface area contributed by atoms with Gasteiger partial charge in [0.2, 0.25) is 5.91 Å². The third-order valence-electron chi connectivity index (χ3n) is 4.41. The summed E-state index contributed by atoms with van der Waals surface area (Å²) in [5.74, 6) is -0.0817. The number of carbonyl (C=O) groups is 1. The van der Waals surface area contributed by atoms with E-state index in [4.69, 9.17) is 9.73 Å². The molecule has 2 N–H and O–H groups in total. The van der Waals surface area contributed by atoms with Gasteiger partial charge >= 0.3 is 0 Å². The van der Waals surface area contributed by atoms with Crippen molar-refractivity contribution in [1.29, 1.82) is 0 Å². The number of hydrogen-bond acceptors (Lipinski definition) is 3. The first-order chi connectivity index (χ1) is 11.7. The van der Waals surface area contributed by atoms with Crippen molar-refractivity contribution in [2.45, 2.75) is 32.4 Å². The summed E-state index contributed by atoms with van der Waals surface area (Å²) in [5, 5.41) is 6.03. The Hall–Kier alpha value is -2.82. The van der Waals surface area contributed by atoms with Gasteiger partial charge < -0.3 is 15.4 Å². The van der Waals surface area contributed by atoms with Crippen LogP contribution in [0, 0.1) is 0 Å². The van der Waals surface area contributed by atoms with Crippen LogP contribution in [-0.4, -0.2) is 11.9 Å². The number of benzene rings is 2. The number of nitrogens with zero attached hydrogens (tertiary/aromatic N) is 1. The van der Waals surface area contributed by atoms with E-state index in [0.717, 1.165) is 29.8 Å². The van der Waals surface area contributed by atoms with Crippen LogP contribution in [0.4, 0.5) is 11.4 Å². The maximum absolute atomic E-state index is 11.2. The van der Waals surface area contributed by atoms with E-state index in [0.29, 0.717) is 12.6 Å². The number of hydrogen-bond donors (Lipinski definition) is 2. The van der Waals surface area contributed by atoms with Crippen molar-refractivity contribution in [1.82, 2.24) is 0 Å². The highest BCUT2D eigenvalue weighted by Crippen LogP contribution is 2.34. The second-order valence-electron chi connectivity index (χ2n) is 6.15. The van der Waals surface area contributed by atoms with Crippen molar-refractivity contribution in [2.24, 2.45) is 4.99 Å². The Labute approximate surface area is 140 Å². The van der Waals surface area contributed by atoms with E-state index < -0.39 is 0 Å². The van der Waals surface area contributed by atoms with Crippen LogP contribution in [0.3, 0.4) is 0 Å². The van der Waals surface area contributed by atoms with Crippen LogP contribution in [0.15, 0.2) is 47.5 Å². The van der Waals surface area contributed by atoms with Gasteiger partial charge in [0.1, 0.15) is 6.61 Å². The average Bonchev–Trinajstić information content (AvgIpc) is 2.98. The van der Waals surface area contributed by atoms with E-state index >= 15 is 0 Å². The summed E-state index contributed by atoms with van der Waals surface area (Å²) in [6.07, 6.45) is 2.08. The molecule has 1 unspecified atom stereocenters. The summed E-state index contributed by atoms with van der Waals surface area (Å²) < 4.78 is 5.77. The molecule has 0 bridgehead atoms. The number of amides is 1. The van der Waals surface area contributed by atoms with Gasteiger partial charge in [-0.05, 0) is 42.2 Å². The summed E-state index contributed by atoms with van der Waals surface area (Å²) in [6, 6.07) is 14.9. The number of amidine groups is 1. The molecule has 1 amide bonds. The molecule has 4 rings (SSSR count). The van der Waals surface area contributed by atoms with Gasteiger partial charge in [-0.2, -0.15) is 0 Å². The first-order valence-corrected chi connectivity index (χ1v) is 8.15. The van der Waals surface area contributed by atoms with Gasteiger partial charge in [0, 0.05) is 23.9 Å². The molecule has 0 radical (unpaired) electrons. The highest BCUT2D eigenvalue weighted by Gasteiger charge is 2.23. The van der Waals surface area contributed by atoms with E-state index in [9.17, 15) is 4.79 Å². The van der Waals surface area contributed by atoms with Gasteiger partial charge in [-0.1, -0.05) is 24.3 Å². The first-order valence-electron chi connectivity index (χ1n) is 8.15. The van der Waals surface area contributed by atoms with E-state index in [-0.39, 0.29) is 11.9 Å². The largest absolute Gasteiger partial charge is 0.460 e. The lowest BCUT2D eigenvalue weighted by atomic mass is 10.1. The maximum Gasteiger partial charge on any atom is 0.290 e. The van der Waals surface area contributed by atoms with Crippen molar-refractivity contribution in [3.05, 3.63) is 59.2 Å². The number of rotatable bonds is 2. The Morgan fingerprint density at radius 1 is 1.25 bits per heavy atom. The van der Waals surface area contributed by atoms with Crippen LogP contribution >= 0.6 is 0 Å². The second kappa shape index (κ2) is 6.00. The predicted molar refractivity (Wildman–Crippen MR) is 94.1 cm³/mol. The van der Waals surface area contributed by atoms with Gasteiger partial charge in [0.15, 0.2) is 0 Å². The Balaban J connectivity index is 1.54. The number of anilines is 2. The van der Waals surface area contributed by atoms with Crippen LogP contribution < -0.4 is 10.6 Å². The summed E-state index contributed by atoms with van der Waals surface area (Å²) >= 11 is 0. The highest BCUT2D eigenvalue weighted by molar-refractivity contribution is 5.93. The highest BCUT2D eigenvalue weighted by atomic mass is 16.5. The van der Waals surface area contributed by atoms with E-state index in [2.05, 4.69) is 34.9 Å². The van der Waals surface area contributed by atoms with Crippen LogP contribution in [0.1, 0.15) is 36.1 Å². The zero-order valence-electron chi connectivity index (χ0n) is 13.5. The standard InChI is InChI=1S/C19H19N3O2/c1-12(23)20-15-7-9-17-14(10-15)11-24-19(21-17)22-18-8-6-13-4-2-3-5-16(13)18/h2-5,7,9-10,18H,6,8,11H2,1H3,(H,20,23)(H,21,22). The minimum absolute atomic E-state index is 0.0817. The molecule has 2 aromatic carbocycles. The molecule has 1 aliphatic heterocycles. The lowest BCUT2D eigenvalue weighted by Gasteiger charge is -2.22. The molecule has 24 heavy (non-hydrogen) atoms. The quantitative estimate of drug-likeness (QED) is 0.888. The van der Waals surface area contributed by atoms with E-state index in [1.165, 1.54) is 18.1 Å². The Bertz CT molecular complexity index is 829. The van der Waals surface area contributed by atoms with Crippen LogP contribution in [0.2, 0.25) is 0 Å². The number of fused-ring (bicyclic) bond motifs is 2. The molecule has 0 spiro atoms. The van der Waals surface area contributed by atoms with Crippen molar-refractivity contribution < 1.29 is 9.53 Å². The molecule has 0 saturated heterocycles. The molecular weight excluding hydrogens is 302 g/mol. The van der Waals surface area contributed by atoms with Gasteiger partial charge in [-0.15, -0.1) is 0 Å². The smallest absolute Gasteiger partial charge is 0.290 e. The molecule has 0 fully saturated rings. The summed E-state index contributed by atoms with van der Waals surface area (Å²) in [5.41, 5.74) is 5.43. The number of aliphatic imine (C=N–C) groups is 1. The zero-order chi connectivity index (χ0) is 16.5. The van der Waals surface area contributed by atoms with E-state index in [1.54, 1.807) is 0 Å². The Morgan fingerprint density at radius 2 is 2.12 bits per heavy atom. The molecule has 5 nitrogen and oxygen atoms in total. The van der Waals surface area contributed by atoms with Gasteiger partial charge in [0.05, 0.1) is 6.04 Å². The number of aryl methyl sites for hydroxylation is 1. The van der Waals surface area contributed by atoms with Crippen molar-refractivity contribution in [3.8, 4) is 0 Å². The molecule has 122 valence electrons. The minimum atomic E-state index is -0.0817. The third-order valence-corrected chi connectivity index (χ3v) is 4.41. The molecule has 2 aliphatic rings. The Morgan fingerprint density at radius 3 is 3.00 bits per heavy atom. The molecule has 1 aliphatic carbocycles. The number of ether oxygens (including phenoxy) is 1. The summed E-state index contributed by atoms with van der Waals surface area (Å²) in [4.78, 5) is 15.9. The fourth-order valence-electron chi connectivity index (χ4n) is 3.29. The van der Waals surface area contributed by atoms with Crippen LogP contribution in [0.25, 0.3) is 0 Å². The minimum Gasteiger partial charge on any atom is -0.460 e. The molecule has 1 heterocycles. The molecule has 1 atom stereocenters. The predicted octanol–water partition coefficient (Wildman–Crippen LogP) is 3.63. The lowest BCUT2D eigenvalue weighted by Crippen LogP contribution is -2.23. The maximum atomic E-state index is 11.2. The first kappa shape index (κ1) is 14.8. The molecule has 5 heteroatoms. The van der Waals surface area contributed by atoms with Crippen LogP contribution in [0.5, 0.6) is 0 Å². The fourth-order valence-corrected chi connectivity index (χ4v) is 3.29. The average molecular weight is 321 g/mol. The topological polar surface area (TPSA) is 62.7 Å². The summed E-state index contributed by atoms with van der Waals surface area (Å²) in [7, 11) is 0. The second-order valence-corrected chi connectivity index (χ2v) is 6.15. The molecular formula is C19H19N3O2. The van der Waals surface area contributed by atoms with Crippen LogP contribution in [-0.2, 0) is 22.6 Å². The SMILES string of the molecule is CC(=O)Nc1ccc2c(c1)COC(=NC1CCc3ccccc31)N2.